The standard InChI is InChI=1S/C22H29FN4O3/c1-16-7-12-27-17(15-16)24-18(19(27)23)20(28)25-13-8-22(30-2,9-14-25)21(29)26-10-5-3-4-6-11-26/h7,12,15H,3-6,8-11,13-14H2,1-2H3. The second-order valence-corrected chi connectivity index (χ2v) is 8.38. The number of methoxy groups -OCH3 is 1. The van der Waals surface area contributed by atoms with Gasteiger partial charge in [-0.15, -0.1) is 0 Å². The fourth-order valence-corrected chi connectivity index (χ4v) is 4.54. The Balaban J connectivity index is 1.48. The third-order valence-electron chi connectivity index (χ3n) is 6.46. The van der Waals surface area contributed by atoms with Gasteiger partial charge in [-0.3, -0.25) is 14.0 Å². The summed E-state index contributed by atoms with van der Waals surface area (Å²) in [6.07, 6.45) is 6.71. The average molecular weight is 416 g/mol. The van der Waals surface area contributed by atoms with Crippen LogP contribution in [0.3, 0.4) is 0 Å². The van der Waals surface area contributed by atoms with Gasteiger partial charge in [-0.1, -0.05) is 12.8 Å². The molecule has 4 heterocycles. The van der Waals surface area contributed by atoms with Crippen LogP contribution in [0.25, 0.3) is 5.65 Å². The van der Waals surface area contributed by atoms with E-state index < -0.39 is 17.5 Å². The normalized spacial score (nSPS) is 19.7. The molecule has 0 bridgehead atoms. The zero-order valence-electron chi connectivity index (χ0n) is 17.7. The molecule has 0 aromatic carbocycles. The fourth-order valence-electron chi connectivity index (χ4n) is 4.54. The van der Waals surface area contributed by atoms with E-state index in [0.717, 1.165) is 44.3 Å². The van der Waals surface area contributed by atoms with Gasteiger partial charge in [0.2, 0.25) is 5.95 Å². The number of nitrogens with zero attached hydrogens (tertiary/aromatic N) is 4. The zero-order valence-corrected chi connectivity index (χ0v) is 17.7. The highest BCUT2D eigenvalue weighted by Crippen LogP contribution is 2.30. The molecule has 2 aromatic heterocycles. The topological polar surface area (TPSA) is 67.2 Å². The van der Waals surface area contributed by atoms with E-state index in [1.54, 1.807) is 30.3 Å². The molecule has 0 spiro atoms. The van der Waals surface area contributed by atoms with E-state index in [1.807, 2.05) is 11.8 Å². The van der Waals surface area contributed by atoms with E-state index in [9.17, 15) is 14.0 Å². The predicted molar refractivity (Wildman–Crippen MR) is 110 cm³/mol. The summed E-state index contributed by atoms with van der Waals surface area (Å²) in [6.45, 7) is 4.08. The highest BCUT2D eigenvalue weighted by atomic mass is 19.1. The maximum atomic E-state index is 14.8. The van der Waals surface area contributed by atoms with Crippen molar-refractivity contribution >= 4 is 17.5 Å². The lowest BCUT2D eigenvalue weighted by atomic mass is 9.89. The van der Waals surface area contributed by atoms with Crippen molar-refractivity contribution in [1.29, 1.82) is 0 Å². The molecule has 2 aliphatic heterocycles. The Morgan fingerprint density at radius 1 is 1.07 bits per heavy atom. The summed E-state index contributed by atoms with van der Waals surface area (Å²) < 4.78 is 21.8. The summed E-state index contributed by atoms with van der Waals surface area (Å²) in [5.41, 5.74) is 0.275. The Labute approximate surface area is 175 Å². The maximum absolute atomic E-state index is 14.8. The van der Waals surface area contributed by atoms with E-state index in [4.69, 9.17) is 4.74 Å². The van der Waals surface area contributed by atoms with Crippen LogP contribution in [-0.4, -0.2) is 69.9 Å². The van der Waals surface area contributed by atoms with Gasteiger partial charge in [0.15, 0.2) is 5.69 Å². The molecule has 4 rings (SSSR count). The summed E-state index contributed by atoms with van der Waals surface area (Å²) in [6, 6.07) is 3.51. The van der Waals surface area contributed by atoms with Gasteiger partial charge in [-0.2, -0.15) is 4.39 Å². The number of likely N-dealkylation sites (tertiary alicyclic amines) is 2. The molecular weight excluding hydrogens is 387 g/mol. The Bertz CT molecular complexity index is 941. The van der Waals surface area contributed by atoms with Crippen molar-refractivity contribution in [3.05, 3.63) is 35.5 Å². The SMILES string of the molecule is COC1(C(=O)N2CCCCCC2)CCN(C(=O)c2nc3cc(C)ccn3c2F)CC1. The van der Waals surface area contributed by atoms with Gasteiger partial charge in [-0.25, -0.2) is 4.98 Å². The van der Waals surface area contributed by atoms with Gasteiger partial charge in [0.05, 0.1) is 0 Å². The first-order valence-electron chi connectivity index (χ1n) is 10.7. The molecule has 0 saturated carbocycles. The quantitative estimate of drug-likeness (QED) is 0.772. The Hall–Kier alpha value is -2.48. The molecule has 2 amide bonds. The minimum Gasteiger partial charge on any atom is -0.368 e. The number of hydrogen-bond acceptors (Lipinski definition) is 4. The number of imidazole rings is 1. The van der Waals surface area contributed by atoms with Crippen LogP contribution in [0.2, 0.25) is 0 Å². The number of carbonyl (C=O) groups is 2. The number of pyridine rings is 1. The largest absolute Gasteiger partial charge is 0.368 e. The van der Waals surface area contributed by atoms with Gasteiger partial charge in [0.1, 0.15) is 11.2 Å². The Morgan fingerprint density at radius 3 is 2.37 bits per heavy atom. The van der Waals surface area contributed by atoms with Crippen LogP contribution in [0.4, 0.5) is 4.39 Å². The van der Waals surface area contributed by atoms with Gasteiger partial charge in [-0.05, 0) is 37.5 Å². The predicted octanol–water partition coefficient (Wildman–Crippen LogP) is 2.81. The molecule has 2 aromatic rings. The molecule has 8 heteroatoms. The molecule has 0 unspecified atom stereocenters. The summed E-state index contributed by atoms with van der Waals surface area (Å²) in [4.78, 5) is 33.9. The van der Waals surface area contributed by atoms with Crippen LogP contribution in [0.1, 0.15) is 54.6 Å². The lowest BCUT2D eigenvalue weighted by Gasteiger charge is -2.41. The number of amides is 2. The van der Waals surface area contributed by atoms with Crippen molar-refractivity contribution in [2.75, 3.05) is 33.3 Å². The van der Waals surface area contributed by atoms with Gasteiger partial charge in [0, 0.05) is 52.3 Å². The zero-order chi connectivity index (χ0) is 21.3. The monoisotopic (exact) mass is 416 g/mol. The lowest BCUT2D eigenvalue weighted by Crippen LogP contribution is -2.57. The fraction of sp³-hybridized carbons (Fsp3) is 0.591. The summed E-state index contributed by atoms with van der Waals surface area (Å²) in [7, 11) is 1.57. The summed E-state index contributed by atoms with van der Waals surface area (Å²) in [5.74, 6) is -1.08. The maximum Gasteiger partial charge on any atom is 0.277 e. The number of hydrogen-bond donors (Lipinski definition) is 0. The molecule has 0 radical (unpaired) electrons. The third-order valence-corrected chi connectivity index (χ3v) is 6.46. The van der Waals surface area contributed by atoms with Gasteiger partial charge < -0.3 is 14.5 Å². The van der Waals surface area contributed by atoms with E-state index >= 15 is 0 Å². The van der Waals surface area contributed by atoms with E-state index in [1.165, 1.54) is 4.40 Å². The van der Waals surface area contributed by atoms with Gasteiger partial charge >= 0.3 is 0 Å². The first-order chi connectivity index (χ1) is 14.4. The molecule has 0 atom stereocenters. The van der Waals surface area contributed by atoms with Gasteiger partial charge in [0.25, 0.3) is 11.8 Å². The van der Waals surface area contributed by atoms with Crippen LogP contribution in [0, 0.1) is 12.9 Å². The lowest BCUT2D eigenvalue weighted by molar-refractivity contribution is -0.160. The molecule has 0 N–H and O–H groups in total. The van der Waals surface area contributed by atoms with Crippen LogP contribution < -0.4 is 0 Å². The van der Waals surface area contributed by atoms with E-state index in [-0.39, 0.29) is 11.6 Å². The summed E-state index contributed by atoms with van der Waals surface area (Å²) in [5, 5.41) is 0. The minimum absolute atomic E-state index is 0.0217. The number of piperidine rings is 1. The second-order valence-electron chi connectivity index (χ2n) is 8.38. The molecule has 2 aliphatic rings. The molecule has 0 aliphatic carbocycles. The number of ether oxygens (including phenoxy) is 1. The first-order valence-corrected chi connectivity index (χ1v) is 10.7. The molecular formula is C22H29FN4O3. The molecule has 2 fully saturated rings. The number of halogens is 1. The van der Waals surface area contributed by atoms with Crippen molar-refractivity contribution in [3.8, 4) is 0 Å². The van der Waals surface area contributed by atoms with E-state index in [0.29, 0.717) is 31.6 Å². The van der Waals surface area contributed by atoms with Crippen LogP contribution in [0.5, 0.6) is 0 Å². The van der Waals surface area contributed by atoms with Crippen LogP contribution in [-0.2, 0) is 9.53 Å². The van der Waals surface area contributed by atoms with Crippen LogP contribution >= 0.6 is 0 Å². The van der Waals surface area contributed by atoms with Crippen molar-refractivity contribution in [3.63, 3.8) is 0 Å². The number of fused-ring (bicyclic) bond motifs is 1. The Kier molecular flexibility index (Phi) is 5.77. The first kappa shape index (κ1) is 20.8. The second kappa shape index (κ2) is 8.34. The molecule has 162 valence electrons. The molecule has 30 heavy (non-hydrogen) atoms. The van der Waals surface area contributed by atoms with Crippen molar-refractivity contribution in [1.82, 2.24) is 19.2 Å². The summed E-state index contributed by atoms with van der Waals surface area (Å²) >= 11 is 0. The number of aromatic nitrogens is 2. The molecule has 7 nitrogen and oxygen atoms in total. The third kappa shape index (κ3) is 3.69. The van der Waals surface area contributed by atoms with Crippen molar-refractivity contribution < 1.29 is 18.7 Å². The Morgan fingerprint density at radius 2 is 1.73 bits per heavy atom. The smallest absolute Gasteiger partial charge is 0.277 e. The van der Waals surface area contributed by atoms with Crippen LogP contribution in [0.15, 0.2) is 18.3 Å². The molecule has 2 saturated heterocycles. The average Bonchev–Trinajstić information content (AvgIpc) is 2.93. The number of aryl methyl sites for hydroxylation is 1. The van der Waals surface area contributed by atoms with Crippen molar-refractivity contribution in [2.24, 2.45) is 0 Å². The van der Waals surface area contributed by atoms with Crippen molar-refractivity contribution in [2.45, 2.75) is 51.0 Å². The number of rotatable bonds is 3. The minimum atomic E-state index is -0.907. The number of carbonyl (C=O) groups excluding carboxylic acids is 2. The highest BCUT2D eigenvalue weighted by molar-refractivity contribution is 5.94. The highest BCUT2D eigenvalue weighted by Gasteiger charge is 2.45. The van der Waals surface area contributed by atoms with E-state index in [2.05, 4.69) is 4.98 Å².